The predicted molar refractivity (Wildman–Crippen MR) is 89.2 cm³/mol. The van der Waals surface area contributed by atoms with E-state index in [9.17, 15) is 5.11 Å². The van der Waals surface area contributed by atoms with Crippen LogP contribution in [0.4, 0.5) is 0 Å². The molecule has 0 aliphatic rings. The Kier molecular flexibility index (Phi) is 5.08. The van der Waals surface area contributed by atoms with Crippen LogP contribution in [0, 0.1) is 6.92 Å². The summed E-state index contributed by atoms with van der Waals surface area (Å²) in [7, 11) is 0. The summed E-state index contributed by atoms with van der Waals surface area (Å²) < 4.78 is 12.9. The van der Waals surface area contributed by atoms with E-state index in [-0.39, 0.29) is 6.61 Å². The van der Waals surface area contributed by atoms with Gasteiger partial charge in [0.2, 0.25) is 0 Å². The number of hydrogen-bond acceptors (Lipinski definition) is 5. The van der Waals surface area contributed by atoms with Gasteiger partial charge in [0.15, 0.2) is 0 Å². The Morgan fingerprint density at radius 3 is 2.33 bits per heavy atom. The molecule has 6 nitrogen and oxygen atoms in total. The van der Waals surface area contributed by atoms with Crippen molar-refractivity contribution in [3.05, 3.63) is 66.7 Å². The monoisotopic (exact) mass is 325 g/mol. The number of para-hydroxylation sites is 1. The molecule has 1 atom stereocenters. The SMILES string of the molecule is Cc1ncn(C[C@H](O)COc2ccc(Oc3ccccc3)cc2)n1. The van der Waals surface area contributed by atoms with Crippen molar-refractivity contribution in [1.29, 1.82) is 0 Å². The average molecular weight is 325 g/mol. The number of ether oxygens (including phenoxy) is 2. The second-order valence-electron chi connectivity index (χ2n) is 5.37. The number of aliphatic hydroxyl groups is 1. The molecule has 3 aromatic rings. The van der Waals surface area contributed by atoms with Gasteiger partial charge in [-0.1, -0.05) is 18.2 Å². The van der Waals surface area contributed by atoms with Crippen LogP contribution in [-0.4, -0.2) is 32.6 Å². The first-order chi connectivity index (χ1) is 11.7. The Bertz CT molecular complexity index is 757. The number of nitrogens with zero attached hydrogens (tertiary/aromatic N) is 3. The molecule has 3 rings (SSSR count). The summed E-state index contributed by atoms with van der Waals surface area (Å²) in [6, 6.07) is 16.9. The third kappa shape index (κ3) is 4.57. The number of aromatic nitrogens is 3. The second-order valence-corrected chi connectivity index (χ2v) is 5.37. The molecule has 2 aromatic carbocycles. The van der Waals surface area contributed by atoms with Crippen LogP contribution in [0.25, 0.3) is 0 Å². The molecule has 0 fully saturated rings. The molecule has 1 N–H and O–H groups in total. The molecule has 0 aliphatic heterocycles. The van der Waals surface area contributed by atoms with Gasteiger partial charge < -0.3 is 14.6 Å². The van der Waals surface area contributed by atoms with Crippen molar-refractivity contribution in [2.75, 3.05) is 6.61 Å². The van der Waals surface area contributed by atoms with Gasteiger partial charge in [-0.05, 0) is 43.3 Å². The Hall–Kier alpha value is -2.86. The lowest BCUT2D eigenvalue weighted by atomic mass is 10.3. The van der Waals surface area contributed by atoms with Crippen LogP contribution < -0.4 is 9.47 Å². The van der Waals surface area contributed by atoms with E-state index >= 15 is 0 Å². The zero-order chi connectivity index (χ0) is 16.8. The lowest BCUT2D eigenvalue weighted by Gasteiger charge is -2.12. The minimum Gasteiger partial charge on any atom is -0.491 e. The summed E-state index contributed by atoms with van der Waals surface area (Å²) in [5, 5.41) is 14.1. The first-order valence-electron chi connectivity index (χ1n) is 7.69. The van der Waals surface area contributed by atoms with Gasteiger partial charge in [0.1, 0.15) is 42.1 Å². The summed E-state index contributed by atoms with van der Waals surface area (Å²) >= 11 is 0. The zero-order valence-electron chi connectivity index (χ0n) is 13.4. The standard InChI is InChI=1S/C18H19N3O3/c1-14-19-13-21(20-14)11-15(22)12-23-16-7-9-18(10-8-16)24-17-5-3-2-4-6-17/h2-10,13,15,22H,11-12H2,1H3/t15-/m0/s1. The minimum absolute atomic E-state index is 0.178. The zero-order valence-corrected chi connectivity index (χ0v) is 13.4. The fourth-order valence-corrected chi connectivity index (χ4v) is 2.17. The summed E-state index contributed by atoms with van der Waals surface area (Å²) in [4.78, 5) is 4.02. The van der Waals surface area contributed by atoms with Crippen LogP contribution in [0.5, 0.6) is 17.2 Å². The topological polar surface area (TPSA) is 69.4 Å². The van der Waals surface area contributed by atoms with Crippen molar-refractivity contribution in [3.63, 3.8) is 0 Å². The molecule has 1 aromatic heterocycles. The highest BCUT2D eigenvalue weighted by Crippen LogP contribution is 2.23. The molecule has 0 aliphatic carbocycles. The van der Waals surface area contributed by atoms with E-state index in [1.807, 2.05) is 54.6 Å². The minimum atomic E-state index is -0.661. The Morgan fingerprint density at radius 2 is 1.67 bits per heavy atom. The number of aryl methyl sites for hydroxylation is 1. The van der Waals surface area contributed by atoms with Crippen molar-refractivity contribution in [2.24, 2.45) is 0 Å². The molecule has 6 heteroatoms. The molecule has 0 radical (unpaired) electrons. The van der Waals surface area contributed by atoms with Crippen molar-refractivity contribution in [3.8, 4) is 17.2 Å². The Labute approximate surface area is 140 Å². The predicted octanol–water partition coefficient (Wildman–Crippen LogP) is 2.82. The fourth-order valence-electron chi connectivity index (χ4n) is 2.17. The largest absolute Gasteiger partial charge is 0.491 e. The Morgan fingerprint density at radius 1 is 1.00 bits per heavy atom. The van der Waals surface area contributed by atoms with E-state index in [4.69, 9.17) is 9.47 Å². The molecule has 1 heterocycles. The molecule has 0 bridgehead atoms. The summed E-state index contributed by atoms with van der Waals surface area (Å²) in [6.07, 6.45) is 0.931. The number of rotatable bonds is 7. The first kappa shape index (κ1) is 16.0. The van der Waals surface area contributed by atoms with Gasteiger partial charge in [0, 0.05) is 0 Å². The van der Waals surface area contributed by atoms with Gasteiger partial charge in [0.05, 0.1) is 6.54 Å². The number of hydrogen-bond donors (Lipinski definition) is 1. The molecule has 0 saturated carbocycles. The summed E-state index contributed by atoms with van der Waals surface area (Å²) in [5.41, 5.74) is 0. The van der Waals surface area contributed by atoms with Crippen LogP contribution >= 0.6 is 0 Å². The molecular formula is C18H19N3O3. The normalized spacial score (nSPS) is 11.9. The third-order valence-corrected chi connectivity index (χ3v) is 3.29. The maximum absolute atomic E-state index is 9.98. The van der Waals surface area contributed by atoms with Crippen LogP contribution in [0.3, 0.4) is 0 Å². The maximum atomic E-state index is 9.98. The Balaban J connectivity index is 1.49. The van der Waals surface area contributed by atoms with Gasteiger partial charge in [-0.15, -0.1) is 0 Å². The molecule has 124 valence electrons. The molecule has 0 amide bonds. The van der Waals surface area contributed by atoms with Crippen LogP contribution in [-0.2, 0) is 6.54 Å². The molecular weight excluding hydrogens is 306 g/mol. The van der Waals surface area contributed by atoms with E-state index in [0.717, 1.165) is 11.5 Å². The summed E-state index contributed by atoms with van der Waals surface area (Å²) in [6.45, 7) is 2.33. The van der Waals surface area contributed by atoms with Crippen LogP contribution in [0.15, 0.2) is 60.9 Å². The fraction of sp³-hybridized carbons (Fsp3) is 0.222. The summed E-state index contributed by atoms with van der Waals surface area (Å²) in [5.74, 6) is 2.86. The molecule has 24 heavy (non-hydrogen) atoms. The van der Waals surface area contributed by atoms with Crippen LogP contribution in [0.1, 0.15) is 5.82 Å². The number of aliphatic hydroxyl groups excluding tert-OH is 1. The van der Waals surface area contributed by atoms with Gasteiger partial charge >= 0.3 is 0 Å². The highest BCUT2D eigenvalue weighted by molar-refractivity contribution is 5.35. The highest BCUT2D eigenvalue weighted by atomic mass is 16.5. The van der Waals surface area contributed by atoms with Crippen molar-refractivity contribution in [1.82, 2.24) is 14.8 Å². The van der Waals surface area contributed by atoms with Crippen LogP contribution in [0.2, 0.25) is 0 Å². The van der Waals surface area contributed by atoms with Gasteiger partial charge in [-0.3, -0.25) is 0 Å². The molecule has 0 saturated heterocycles. The second kappa shape index (κ2) is 7.61. The highest BCUT2D eigenvalue weighted by Gasteiger charge is 2.08. The third-order valence-electron chi connectivity index (χ3n) is 3.29. The first-order valence-corrected chi connectivity index (χ1v) is 7.69. The van der Waals surface area contributed by atoms with Gasteiger partial charge in [0.25, 0.3) is 0 Å². The van der Waals surface area contributed by atoms with Crippen molar-refractivity contribution < 1.29 is 14.6 Å². The molecule has 0 spiro atoms. The van der Waals surface area contributed by atoms with Crippen molar-refractivity contribution in [2.45, 2.75) is 19.6 Å². The smallest absolute Gasteiger partial charge is 0.147 e. The van der Waals surface area contributed by atoms with Gasteiger partial charge in [-0.2, -0.15) is 5.10 Å². The van der Waals surface area contributed by atoms with E-state index in [0.29, 0.717) is 18.1 Å². The molecule has 0 unspecified atom stereocenters. The van der Waals surface area contributed by atoms with E-state index in [1.54, 1.807) is 17.9 Å². The lowest BCUT2D eigenvalue weighted by Crippen LogP contribution is -2.23. The quantitative estimate of drug-likeness (QED) is 0.723. The van der Waals surface area contributed by atoms with Crippen molar-refractivity contribution >= 4 is 0 Å². The van der Waals surface area contributed by atoms with E-state index in [1.165, 1.54) is 0 Å². The van der Waals surface area contributed by atoms with Gasteiger partial charge in [-0.25, -0.2) is 9.67 Å². The van der Waals surface area contributed by atoms with E-state index < -0.39 is 6.10 Å². The maximum Gasteiger partial charge on any atom is 0.147 e. The lowest BCUT2D eigenvalue weighted by molar-refractivity contribution is 0.0892. The number of benzene rings is 2. The van der Waals surface area contributed by atoms with E-state index in [2.05, 4.69) is 10.1 Å². The average Bonchev–Trinajstić information content (AvgIpc) is 3.00.